The van der Waals surface area contributed by atoms with Crippen molar-refractivity contribution in [2.45, 2.75) is 64.2 Å². The van der Waals surface area contributed by atoms with Gasteiger partial charge in [-0.2, -0.15) is 0 Å². The molecule has 0 heterocycles. The lowest BCUT2D eigenvalue weighted by molar-refractivity contribution is 0.490. The van der Waals surface area contributed by atoms with Gasteiger partial charge in [0.15, 0.2) is 0 Å². The molecule has 11 rings (SSSR count). The Morgan fingerprint density at radius 1 is 0.267 bits per heavy atom. The minimum Gasteiger partial charge on any atom is -0.0642 e. The number of hydrogen-bond donors (Lipinski definition) is 0. The van der Waals surface area contributed by atoms with E-state index in [9.17, 15) is 0 Å². The second-order valence-electron chi connectivity index (χ2n) is 17.2. The number of fused-ring (bicyclic) bond motifs is 8. The molecule has 2 aliphatic rings. The van der Waals surface area contributed by atoms with Gasteiger partial charge < -0.3 is 0 Å². The van der Waals surface area contributed by atoms with E-state index in [0.717, 1.165) is 25.7 Å². The van der Waals surface area contributed by atoms with Crippen molar-refractivity contribution in [2.75, 3.05) is 0 Å². The summed E-state index contributed by atoms with van der Waals surface area (Å²) in [5.74, 6) is 0. The first kappa shape index (κ1) is 36.6. The largest absolute Gasteiger partial charge is 0.0642 e. The first-order valence-electron chi connectivity index (χ1n) is 22.2. The molecule has 0 saturated heterocycles. The Labute approximate surface area is 355 Å². The Morgan fingerprint density at radius 2 is 0.600 bits per heavy atom. The third-order valence-corrected chi connectivity index (χ3v) is 14.9. The van der Waals surface area contributed by atoms with Crippen LogP contribution in [0.1, 0.15) is 75.6 Å². The third kappa shape index (κ3) is 5.16. The molecule has 9 aromatic carbocycles. The lowest BCUT2D eigenvalue weighted by Crippen LogP contribution is -2.23. The van der Waals surface area contributed by atoms with Gasteiger partial charge in [-0.1, -0.05) is 185 Å². The van der Waals surface area contributed by atoms with E-state index in [2.05, 4.69) is 210 Å². The average Bonchev–Trinajstić information content (AvgIpc) is 3.77. The molecule has 0 bridgehead atoms. The molecule has 0 atom stereocenters. The lowest BCUT2D eigenvalue weighted by Gasteiger charge is -2.30. The molecule has 0 unspecified atom stereocenters. The topological polar surface area (TPSA) is 0 Å². The van der Waals surface area contributed by atoms with E-state index in [1.807, 2.05) is 0 Å². The summed E-state index contributed by atoms with van der Waals surface area (Å²) in [5.41, 5.74) is 21.6. The van der Waals surface area contributed by atoms with E-state index >= 15 is 0 Å². The van der Waals surface area contributed by atoms with Crippen LogP contribution in [0.15, 0.2) is 182 Å². The fourth-order valence-electron chi connectivity index (χ4n) is 11.7. The van der Waals surface area contributed by atoms with E-state index in [0.29, 0.717) is 0 Å². The van der Waals surface area contributed by atoms with E-state index in [1.165, 1.54) is 111 Å². The van der Waals surface area contributed by atoms with Gasteiger partial charge in [-0.25, -0.2) is 0 Å². The van der Waals surface area contributed by atoms with E-state index in [4.69, 9.17) is 0 Å². The highest BCUT2D eigenvalue weighted by molar-refractivity contribution is 6.22. The van der Waals surface area contributed by atoms with E-state index < -0.39 is 0 Å². The molecule has 0 heteroatoms. The van der Waals surface area contributed by atoms with Gasteiger partial charge >= 0.3 is 0 Å². The van der Waals surface area contributed by atoms with Crippen molar-refractivity contribution in [3.63, 3.8) is 0 Å². The molecule has 0 radical (unpaired) electrons. The zero-order valence-electron chi connectivity index (χ0n) is 35.1. The lowest BCUT2D eigenvalue weighted by atomic mass is 9.73. The summed E-state index contributed by atoms with van der Waals surface area (Å²) in [7, 11) is 0. The number of hydrogen-bond acceptors (Lipinski definition) is 0. The zero-order valence-corrected chi connectivity index (χ0v) is 35.1. The Hall–Kier alpha value is -6.50. The maximum atomic E-state index is 2.51. The summed E-state index contributed by atoms with van der Waals surface area (Å²) in [5, 5.41) is 5.12. The fraction of sp³-hybridized carbons (Fsp3) is 0.167. The summed E-state index contributed by atoms with van der Waals surface area (Å²) in [6.45, 7) is 9.44. The number of rotatable bonds is 8. The first-order valence-corrected chi connectivity index (χ1v) is 22.2. The fourth-order valence-corrected chi connectivity index (χ4v) is 11.7. The van der Waals surface area contributed by atoms with Gasteiger partial charge in [0.05, 0.1) is 0 Å². The predicted molar refractivity (Wildman–Crippen MR) is 257 cm³/mol. The standard InChI is InChI=1S/C60H50/c1-5-59(6-2)53-25-17-15-23-45(53)47-31-27-43(37-55(47)59)41-29-33-49-51(35-41)57(39-19-11-9-12-20-39)50-34-30-42(36-52(50)58(49)40-21-13-10-14-22-40)44-28-32-48-46-24-16-18-26-54(46)60(7-3,8-4)56(48)38-44/h9-38H,5-8H2,1-4H3. The molecule has 0 fully saturated rings. The molecule has 290 valence electrons. The molecule has 0 spiro atoms. The van der Waals surface area contributed by atoms with Crippen molar-refractivity contribution in [2.24, 2.45) is 0 Å². The van der Waals surface area contributed by atoms with Gasteiger partial charge in [0, 0.05) is 10.8 Å². The van der Waals surface area contributed by atoms with Crippen LogP contribution in [0.4, 0.5) is 0 Å². The van der Waals surface area contributed by atoms with E-state index in [-0.39, 0.29) is 10.8 Å². The van der Waals surface area contributed by atoms with Crippen LogP contribution in [-0.4, -0.2) is 0 Å². The van der Waals surface area contributed by atoms with Crippen LogP contribution in [0, 0.1) is 0 Å². The molecule has 60 heavy (non-hydrogen) atoms. The number of benzene rings is 9. The van der Waals surface area contributed by atoms with Gasteiger partial charge in [0.1, 0.15) is 0 Å². The summed E-state index contributed by atoms with van der Waals surface area (Å²) in [6.07, 6.45) is 4.33. The average molecular weight is 771 g/mol. The summed E-state index contributed by atoms with van der Waals surface area (Å²) >= 11 is 0. The van der Waals surface area contributed by atoms with Gasteiger partial charge in [0.2, 0.25) is 0 Å². The van der Waals surface area contributed by atoms with Crippen LogP contribution in [0.25, 0.3) is 88.3 Å². The minimum atomic E-state index is 0.0275. The van der Waals surface area contributed by atoms with Gasteiger partial charge in [0.25, 0.3) is 0 Å². The molecule has 0 amide bonds. The molecule has 0 N–H and O–H groups in total. The summed E-state index contributed by atoms with van der Waals surface area (Å²) in [6, 6.07) is 69.3. The highest BCUT2D eigenvalue weighted by Crippen LogP contribution is 2.55. The molecule has 0 saturated carbocycles. The van der Waals surface area contributed by atoms with Crippen LogP contribution in [0.2, 0.25) is 0 Å². The SMILES string of the molecule is CCC1(CC)c2ccccc2-c2ccc(-c3ccc4c(-c5ccccc5)c5cc(-c6ccc7c(c6)C(CC)(CC)c6ccccc6-7)ccc5c(-c5ccccc5)c4c3)cc21. The molecular formula is C60H50. The van der Waals surface area contributed by atoms with Crippen LogP contribution < -0.4 is 0 Å². The van der Waals surface area contributed by atoms with Crippen molar-refractivity contribution in [3.8, 4) is 66.8 Å². The Morgan fingerprint density at radius 3 is 1.00 bits per heavy atom. The van der Waals surface area contributed by atoms with Crippen molar-refractivity contribution in [1.82, 2.24) is 0 Å². The quantitative estimate of drug-likeness (QED) is 0.135. The van der Waals surface area contributed by atoms with Gasteiger partial charge in [-0.3, -0.25) is 0 Å². The maximum absolute atomic E-state index is 2.51. The Kier molecular flexibility index (Phi) is 8.57. The van der Waals surface area contributed by atoms with Gasteiger partial charge in [-0.15, -0.1) is 0 Å². The Balaban J connectivity index is 1.15. The molecule has 0 aromatic heterocycles. The smallest absolute Gasteiger partial charge is 0.0210 e. The van der Waals surface area contributed by atoms with Crippen LogP contribution in [0.3, 0.4) is 0 Å². The monoisotopic (exact) mass is 770 g/mol. The van der Waals surface area contributed by atoms with Crippen LogP contribution in [0.5, 0.6) is 0 Å². The minimum absolute atomic E-state index is 0.0275. The zero-order chi connectivity index (χ0) is 40.6. The predicted octanol–water partition coefficient (Wildman–Crippen LogP) is 16.8. The summed E-state index contributed by atoms with van der Waals surface area (Å²) in [4.78, 5) is 0. The highest BCUT2D eigenvalue weighted by Gasteiger charge is 2.41. The molecular weight excluding hydrogens is 721 g/mol. The van der Waals surface area contributed by atoms with E-state index in [1.54, 1.807) is 0 Å². The van der Waals surface area contributed by atoms with Crippen LogP contribution in [-0.2, 0) is 10.8 Å². The van der Waals surface area contributed by atoms with Crippen molar-refractivity contribution in [3.05, 3.63) is 204 Å². The maximum Gasteiger partial charge on any atom is 0.0210 e. The van der Waals surface area contributed by atoms with Crippen LogP contribution >= 0.6 is 0 Å². The second kappa shape index (κ2) is 14.1. The second-order valence-corrected chi connectivity index (χ2v) is 17.2. The molecule has 0 aliphatic heterocycles. The van der Waals surface area contributed by atoms with Crippen molar-refractivity contribution in [1.29, 1.82) is 0 Å². The molecule has 9 aromatic rings. The normalized spacial score (nSPS) is 14.2. The van der Waals surface area contributed by atoms with Crippen molar-refractivity contribution < 1.29 is 0 Å². The van der Waals surface area contributed by atoms with Gasteiger partial charge in [-0.05, 0) is 161 Å². The van der Waals surface area contributed by atoms with Crippen molar-refractivity contribution >= 4 is 21.5 Å². The molecule has 2 aliphatic carbocycles. The summed E-state index contributed by atoms with van der Waals surface area (Å²) < 4.78 is 0. The Bertz CT molecular complexity index is 2910. The molecule has 0 nitrogen and oxygen atoms in total. The first-order chi connectivity index (χ1) is 29.5. The third-order valence-electron chi connectivity index (χ3n) is 14.9. The highest BCUT2D eigenvalue weighted by atomic mass is 14.4.